The minimum atomic E-state index is -4.82. The first-order chi connectivity index (χ1) is 12.6. The number of nitrogens with one attached hydrogen (secondary N) is 1. The molecule has 1 heterocycles. The molecular weight excluding hydrogens is 370 g/mol. The van der Waals surface area contributed by atoms with Crippen molar-refractivity contribution in [3.8, 4) is 0 Å². The molecule has 11 heteroatoms. The van der Waals surface area contributed by atoms with Gasteiger partial charge in [-0.3, -0.25) is 9.59 Å². The van der Waals surface area contributed by atoms with E-state index in [1.165, 1.54) is 12.3 Å². The fourth-order valence-electron chi connectivity index (χ4n) is 2.80. The van der Waals surface area contributed by atoms with Crippen molar-refractivity contribution < 1.29 is 27.2 Å². The monoisotopic (exact) mass is 385 g/mol. The average Bonchev–Trinajstić information content (AvgIpc) is 2.99. The van der Waals surface area contributed by atoms with Crippen LogP contribution in [0.25, 0.3) is 0 Å². The highest BCUT2D eigenvalue weighted by Gasteiger charge is 2.44. The summed E-state index contributed by atoms with van der Waals surface area (Å²) >= 11 is 0. The molecule has 0 unspecified atom stereocenters. The van der Waals surface area contributed by atoms with Crippen molar-refractivity contribution in [2.75, 3.05) is 0 Å². The number of aromatic nitrogens is 3. The van der Waals surface area contributed by atoms with Crippen LogP contribution in [0.3, 0.4) is 0 Å². The molecule has 27 heavy (non-hydrogen) atoms. The van der Waals surface area contributed by atoms with Gasteiger partial charge in [-0.25, -0.2) is 9.07 Å². The van der Waals surface area contributed by atoms with E-state index in [-0.39, 0.29) is 17.8 Å². The Balaban J connectivity index is 1.73. The van der Waals surface area contributed by atoms with Crippen LogP contribution in [-0.4, -0.2) is 32.3 Å². The molecule has 0 saturated heterocycles. The molecule has 7 nitrogen and oxygen atoms in total. The average molecular weight is 385 g/mol. The number of alkyl halides is 3. The zero-order valence-corrected chi connectivity index (χ0v) is 13.9. The minimum absolute atomic E-state index is 0.110. The molecule has 3 rings (SSSR count). The van der Waals surface area contributed by atoms with Gasteiger partial charge < -0.3 is 11.1 Å². The minimum Gasteiger partial charge on any atom is -0.368 e. The van der Waals surface area contributed by atoms with Gasteiger partial charge in [-0.15, -0.1) is 5.10 Å². The lowest BCUT2D eigenvalue weighted by atomic mass is 9.76. The van der Waals surface area contributed by atoms with E-state index in [1.807, 2.05) is 0 Å². The summed E-state index contributed by atoms with van der Waals surface area (Å²) in [6, 6.07) is 2.57. The summed E-state index contributed by atoms with van der Waals surface area (Å²) in [4.78, 5) is 23.7. The lowest BCUT2D eigenvalue weighted by Crippen LogP contribution is -2.61. The summed E-state index contributed by atoms with van der Waals surface area (Å²) in [5.41, 5.74) is 2.85. The number of carbonyl (C=O) groups excluding carboxylic acids is 2. The summed E-state index contributed by atoms with van der Waals surface area (Å²) in [6.45, 7) is -0.148. The van der Waals surface area contributed by atoms with Crippen LogP contribution in [0.5, 0.6) is 0 Å². The van der Waals surface area contributed by atoms with E-state index < -0.39 is 34.9 Å². The summed E-state index contributed by atoms with van der Waals surface area (Å²) in [5.74, 6) is -2.67. The molecule has 1 aromatic carbocycles. The number of amides is 2. The van der Waals surface area contributed by atoms with E-state index in [4.69, 9.17) is 5.73 Å². The number of nitrogens with two attached hydrogens (primary N) is 1. The molecule has 1 saturated carbocycles. The van der Waals surface area contributed by atoms with Crippen LogP contribution in [0, 0.1) is 5.82 Å². The van der Waals surface area contributed by atoms with Crippen molar-refractivity contribution in [1.29, 1.82) is 0 Å². The van der Waals surface area contributed by atoms with E-state index in [0.717, 1.165) is 17.2 Å². The zero-order valence-electron chi connectivity index (χ0n) is 13.9. The van der Waals surface area contributed by atoms with Gasteiger partial charge in [0.15, 0.2) is 5.69 Å². The molecule has 1 aliphatic carbocycles. The lowest BCUT2D eigenvalue weighted by Gasteiger charge is -2.39. The number of hydrogen-bond acceptors (Lipinski definition) is 4. The third-order valence-electron chi connectivity index (χ3n) is 4.48. The van der Waals surface area contributed by atoms with Crippen LogP contribution in [0.15, 0.2) is 24.4 Å². The smallest absolute Gasteiger partial charge is 0.368 e. The predicted octanol–water partition coefficient (Wildman–Crippen LogP) is 1.62. The first-order valence-corrected chi connectivity index (χ1v) is 7.99. The number of halogens is 4. The molecule has 2 aromatic rings. The maximum atomic E-state index is 13.3. The number of carbonyl (C=O) groups is 2. The van der Waals surface area contributed by atoms with Crippen molar-refractivity contribution >= 4 is 11.8 Å². The van der Waals surface area contributed by atoms with Gasteiger partial charge in [-0.2, -0.15) is 13.2 Å². The maximum absolute atomic E-state index is 13.3. The van der Waals surface area contributed by atoms with E-state index in [1.54, 1.807) is 0 Å². The van der Waals surface area contributed by atoms with Crippen LogP contribution in [0.2, 0.25) is 0 Å². The van der Waals surface area contributed by atoms with E-state index in [9.17, 15) is 27.2 Å². The van der Waals surface area contributed by atoms with Gasteiger partial charge in [0.25, 0.3) is 5.91 Å². The van der Waals surface area contributed by atoms with Gasteiger partial charge in [0.2, 0.25) is 5.91 Å². The van der Waals surface area contributed by atoms with Crippen LogP contribution in [0.4, 0.5) is 17.6 Å². The molecule has 3 N–H and O–H groups in total. The van der Waals surface area contributed by atoms with Gasteiger partial charge in [-0.1, -0.05) is 11.3 Å². The largest absolute Gasteiger partial charge is 0.419 e. The Morgan fingerprint density at radius 2 is 2.00 bits per heavy atom. The van der Waals surface area contributed by atoms with E-state index in [2.05, 4.69) is 15.6 Å². The van der Waals surface area contributed by atoms with Crippen molar-refractivity contribution in [1.82, 2.24) is 20.3 Å². The van der Waals surface area contributed by atoms with Crippen LogP contribution in [0.1, 0.15) is 40.9 Å². The molecule has 0 atom stereocenters. The lowest BCUT2D eigenvalue weighted by molar-refractivity contribution is -0.140. The SMILES string of the molecule is NC(=O)C1(NC(=O)c2cn(Cc3ccc(F)c(C(F)(F)F)c3)nn2)CCC1. The first kappa shape index (κ1) is 18.8. The van der Waals surface area contributed by atoms with Crippen molar-refractivity contribution in [3.05, 3.63) is 47.0 Å². The summed E-state index contributed by atoms with van der Waals surface area (Å²) in [5, 5.41) is 9.87. The van der Waals surface area contributed by atoms with Crippen molar-refractivity contribution in [3.63, 3.8) is 0 Å². The third-order valence-corrected chi connectivity index (χ3v) is 4.48. The van der Waals surface area contributed by atoms with E-state index >= 15 is 0 Å². The van der Waals surface area contributed by atoms with Crippen LogP contribution >= 0.6 is 0 Å². The Bertz CT molecular complexity index is 889. The molecule has 0 spiro atoms. The Kier molecular flexibility index (Phi) is 4.62. The Labute approximate surface area is 150 Å². The number of rotatable bonds is 5. The Hall–Kier alpha value is -2.98. The fourth-order valence-corrected chi connectivity index (χ4v) is 2.80. The van der Waals surface area contributed by atoms with Crippen molar-refractivity contribution in [2.24, 2.45) is 5.73 Å². The molecule has 0 aliphatic heterocycles. The number of nitrogens with zero attached hydrogens (tertiary/aromatic N) is 3. The van der Waals surface area contributed by atoms with Gasteiger partial charge in [0.1, 0.15) is 11.4 Å². The van der Waals surface area contributed by atoms with Gasteiger partial charge in [0, 0.05) is 0 Å². The van der Waals surface area contributed by atoms with Crippen LogP contribution < -0.4 is 11.1 Å². The highest BCUT2D eigenvalue weighted by Crippen LogP contribution is 2.32. The van der Waals surface area contributed by atoms with Gasteiger partial charge in [-0.05, 0) is 37.0 Å². The molecule has 1 aliphatic rings. The molecule has 0 radical (unpaired) electrons. The Morgan fingerprint density at radius 3 is 2.56 bits per heavy atom. The topological polar surface area (TPSA) is 103 Å². The van der Waals surface area contributed by atoms with E-state index in [0.29, 0.717) is 18.9 Å². The fraction of sp³-hybridized carbons (Fsp3) is 0.375. The predicted molar refractivity (Wildman–Crippen MR) is 83.8 cm³/mol. The number of hydrogen-bond donors (Lipinski definition) is 2. The standard InChI is InChI=1S/C16H15F4N5O2/c17-11-3-2-9(6-10(11)16(18,19)20)7-25-8-12(23-24-25)13(26)22-15(14(21)27)4-1-5-15/h2-3,6,8H,1,4-5,7H2,(H2,21,27)(H,22,26). The molecule has 0 bridgehead atoms. The van der Waals surface area contributed by atoms with Gasteiger partial charge in [0.05, 0.1) is 18.3 Å². The van der Waals surface area contributed by atoms with Gasteiger partial charge >= 0.3 is 6.18 Å². The molecule has 2 amide bonds. The first-order valence-electron chi connectivity index (χ1n) is 7.99. The van der Waals surface area contributed by atoms with Crippen LogP contribution in [-0.2, 0) is 17.5 Å². The molecule has 1 aromatic heterocycles. The Morgan fingerprint density at radius 1 is 1.30 bits per heavy atom. The second-order valence-corrected chi connectivity index (χ2v) is 6.37. The maximum Gasteiger partial charge on any atom is 0.419 e. The van der Waals surface area contributed by atoms with Crippen molar-refractivity contribution in [2.45, 2.75) is 37.5 Å². The second kappa shape index (κ2) is 6.63. The highest BCUT2D eigenvalue weighted by molar-refractivity contribution is 5.97. The zero-order chi connectivity index (χ0) is 19.8. The summed E-state index contributed by atoms with van der Waals surface area (Å²) in [7, 11) is 0. The third kappa shape index (κ3) is 3.76. The normalized spacial score (nSPS) is 15.9. The number of primary amides is 1. The summed E-state index contributed by atoms with van der Waals surface area (Å²) < 4.78 is 52.8. The molecule has 144 valence electrons. The number of benzene rings is 1. The summed E-state index contributed by atoms with van der Waals surface area (Å²) in [6.07, 6.45) is -1.99. The molecule has 1 fully saturated rings. The quantitative estimate of drug-likeness (QED) is 0.764. The highest BCUT2D eigenvalue weighted by atomic mass is 19.4. The second-order valence-electron chi connectivity index (χ2n) is 6.37. The molecular formula is C16H15F4N5O2.